The summed E-state index contributed by atoms with van der Waals surface area (Å²) < 4.78 is 5.68. The minimum Gasteiger partial charge on any atom is -0.375 e. The van der Waals surface area contributed by atoms with Gasteiger partial charge in [-0.2, -0.15) is 0 Å². The van der Waals surface area contributed by atoms with Crippen LogP contribution >= 0.6 is 11.6 Å². The van der Waals surface area contributed by atoms with Crippen molar-refractivity contribution in [3.05, 3.63) is 34.9 Å². The SMILES string of the molecule is CC1CCCCC1NCCOCc1ccc(Cl)cc1. The molecule has 1 fully saturated rings. The molecule has 0 bridgehead atoms. The fourth-order valence-corrected chi connectivity index (χ4v) is 2.83. The third-order valence-electron chi connectivity index (χ3n) is 3.95. The number of hydrogen-bond donors (Lipinski definition) is 1. The van der Waals surface area contributed by atoms with Crippen molar-refractivity contribution >= 4 is 11.6 Å². The normalized spacial score (nSPS) is 23.5. The lowest BCUT2D eigenvalue weighted by molar-refractivity contribution is 0.116. The molecule has 2 atom stereocenters. The molecule has 0 radical (unpaired) electrons. The number of halogens is 1. The lowest BCUT2D eigenvalue weighted by Crippen LogP contribution is -2.38. The fourth-order valence-electron chi connectivity index (χ4n) is 2.71. The summed E-state index contributed by atoms with van der Waals surface area (Å²) >= 11 is 5.84. The molecule has 0 amide bonds. The average Bonchev–Trinajstić information content (AvgIpc) is 2.42. The number of benzene rings is 1. The Balaban J connectivity index is 1.58. The van der Waals surface area contributed by atoms with Gasteiger partial charge in [-0.15, -0.1) is 0 Å². The number of nitrogens with one attached hydrogen (secondary N) is 1. The van der Waals surface area contributed by atoms with E-state index >= 15 is 0 Å². The molecular formula is C16H24ClNO. The number of ether oxygens (including phenoxy) is 1. The van der Waals surface area contributed by atoms with E-state index in [0.717, 1.165) is 24.1 Å². The van der Waals surface area contributed by atoms with Gasteiger partial charge in [0.25, 0.3) is 0 Å². The van der Waals surface area contributed by atoms with E-state index in [2.05, 4.69) is 12.2 Å². The van der Waals surface area contributed by atoms with Gasteiger partial charge in [0.1, 0.15) is 0 Å². The highest BCUT2D eigenvalue weighted by Gasteiger charge is 2.19. The number of rotatable bonds is 6. The lowest BCUT2D eigenvalue weighted by atomic mass is 9.86. The van der Waals surface area contributed by atoms with Crippen molar-refractivity contribution in [2.24, 2.45) is 5.92 Å². The Morgan fingerprint density at radius 1 is 1.21 bits per heavy atom. The van der Waals surface area contributed by atoms with E-state index in [1.165, 1.54) is 31.2 Å². The standard InChI is InChI=1S/C16H24ClNO/c1-13-4-2-3-5-16(13)18-10-11-19-12-14-6-8-15(17)9-7-14/h6-9,13,16,18H,2-5,10-12H2,1H3. The predicted molar refractivity (Wildman–Crippen MR) is 80.5 cm³/mol. The maximum Gasteiger partial charge on any atom is 0.0717 e. The first-order valence-electron chi connectivity index (χ1n) is 7.31. The van der Waals surface area contributed by atoms with Crippen LogP contribution in [-0.2, 0) is 11.3 Å². The molecule has 19 heavy (non-hydrogen) atoms. The van der Waals surface area contributed by atoms with Crippen LogP contribution in [-0.4, -0.2) is 19.2 Å². The van der Waals surface area contributed by atoms with Crippen LogP contribution in [0.25, 0.3) is 0 Å². The zero-order chi connectivity index (χ0) is 13.5. The first-order valence-corrected chi connectivity index (χ1v) is 7.69. The molecule has 2 nitrogen and oxygen atoms in total. The van der Waals surface area contributed by atoms with Gasteiger partial charge in [0.15, 0.2) is 0 Å². The highest BCUT2D eigenvalue weighted by Crippen LogP contribution is 2.23. The first kappa shape index (κ1) is 14.8. The second-order valence-corrected chi connectivity index (χ2v) is 5.94. The van der Waals surface area contributed by atoms with Crippen LogP contribution in [0.3, 0.4) is 0 Å². The highest BCUT2D eigenvalue weighted by molar-refractivity contribution is 6.30. The van der Waals surface area contributed by atoms with Crippen LogP contribution in [0.1, 0.15) is 38.2 Å². The van der Waals surface area contributed by atoms with Crippen LogP contribution < -0.4 is 5.32 Å². The Kier molecular flexibility index (Phi) is 6.15. The molecule has 0 spiro atoms. The van der Waals surface area contributed by atoms with Gasteiger partial charge in [-0.3, -0.25) is 0 Å². The largest absolute Gasteiger partial charge is 0.375 e. The Morgan fingerprint density at radius 3 is 2.68 bits per heavy atom. The molecule has 0 saturated heterocycles. The molecule has 106 valence electrons. The van der Waals surface area contributed by atoms with Gasteiger partial charge in [0.05, 0.1) is 13.2 Å². The van der Waals surface area contributed by atoms with Crippen LogP contribution in [0.4, 0.5) is 0 Å². The van der Waals surface area contributed by atoms with Gasteiger partial charge in [0, 0.05) is 17.6 Å². The smallest absolute Gasteiger partial charge is 0.0717 e. The molecule has 1 saturated carbocycles. The molecule has 0 aliphatic heterocycles. The van der Waals surface area contributed by atoms with Gasteiger partial charge in [-0.25, -0.2) is 0 Å². The van der Waals surface area contributed by atoms with Crippen LogP contribution in [0.5, 0.6) is 0 Å². The zero-order valence-electron chi connectivity index (χ0n) is 11.7. The Hall–Kier alpha value is -0.570. The van der Waals surface area contributed by atoms with Gasteiger partial charge in [0.2, 0.25) is 0 Å². The summed E-state index contributed by atoms with van der Waals surface area (Å²) in [4.78, 5) is 0. The molecule has 1 aromatic carbocycles. The first-order chi connectivity index (χ1) is 9.25. The Morgan fingerprint density at radius 2 is 1.95 bits per heavy atom. The van der Waals surface area contributed by atoms with E-state index in [1.807, 2.05) is 24.3 Å². The van der Waals surface area contributed by atoms with E-state index in [4.69, 9.17) is 16.3 Å². The molecule has 1 N–H and O–H groups in total. The van der Waals surface area contributed by atoms with Crippen molar-refractivity contribution in [1.82, 2.24) is 5.32 Å². The van der Waals surface area contributed by atoms with Gasteiger partial charge >= 0.3 is 0 Å². The molecule has 1 aromatic rings. The van der Waals surface area contributed by atoms with Gasteiger partial charge in [-0.1, -0.05) is 43.5 Å². The van der Waals surface area contributed by atoms with E-state index in [1.54, 1.807) is 0 Å². The Bertz CT molecular complexity index is 366. The van der Waals surface area contributed by atoms with E-state index in [-0.39, 0.29) is 0 Å². The van der Waals surface area contributed by atoms with Gasteiger partial charge in [-0.05, 0) is 36.5 Å². The molecule has 1 aliphatic carbocycles. The summed E-state index contributed by atoms with van der Waals surface area (Å²) in [7, 11) is 0. The highest BCUT2D eigenvalue weighted by atomic mass is 35.5. The molecule has 0 heterocycles. The summed E-state index contributed by atoms with van der Waals surface area (Å²) in [5.41, 5.74) is 1.18. The van der Waals surface area contributed by atoms with Crippen LogP contribution in [0, 0.1) is 5.92 Å². The molecule has 3 heteroatoms. The maximum atomic E-state index is 5.84. The number of hydrogen-bond acceptors (Lipinski definition) is 2. The summed E-state index contributed by atoms with van der Waals surface area (Å²) in [6, 6.07) is 8.52. The molecule has 2 unspecified atom stereocenters. The third kappa shape index (κ3) is 5.13. The van der Waals surface area contributed by atoms with Crippen molar-refractivity contribution in [3.8, 4) is 0 Å². The van der Waals surface area contributed by atoms with Crippen molar-refractivity contribution in [1.29, 1.82) is 0 Å². The van der Waals surface area contributed by atoms with Crippen molar-refractivity contribution < 1.29 is 4.74 Å². The van der Waals surface area contributed by atoms with E-state index in [9.17, 15) is 0 Å². The minimum atomic E-state index is 0.666. The van der Waals surface area contributed by atoms with Crippen molar-refractivity contribution in [2.45, 2.75) is 45.3 Å². The second kappa shape index (κ2) is 7.88. The lowest BCUT2D eigenvalue weighted by Gasteiger charge is -2.29. The third-order valence-corrected chi connectivity index (χ3v) is 4.20. The van der Waals surface area contributed by atoms with E-state index < -0.39 is 0 Å². The van der Waals surface area contributed by atoms with Crippen molar-refractivity contribution in [2.75, 3.05) is 13.2 Å². The molecular weight excluding hydrogens is 258 g/mol. The summed E-state index contributed by atoms with van der Waals surface area (Å²) in [6.45, 7) is 4.74. The van der Waals surface area contributed by atoms with Crippen molar-refractivity contribution in [3.63, 3.8) is 0 Å². The average molecular weight is 282 g/mol. The maximum absolute atomic E-state index is 5.84. The molecule has 0 aromatic heterocycles. The Labute approximate surface area is 121 Å². The molecule has 2 rings (SSSR count). The fraction of sp³-hybridized carbons (Fsp3) is 0.625. The monoisotopic (exact) mass is 281 g/mol. The topological polar surface area (TPSA) is 21.3 Å². The quantitative estimate of drug-likeness (QED) is 0.795. The minimum absolute atomic E-state index is 0.666. The zero-order valence-corrected chi connectivity index (χ0v) is 12.5. The summed E-state index contributed by atoms with van der Waals surface area (Å²) in [5.74, 6) is 0.810. The second-order valence-electron chi connectivity index (χ2n) is 5.50. The summed E-state index contributed by atoms with van der Waals surface area (Å²) in [6.07, 6.45) is 5.45. The van der Waals surface area contributed by atoms with Crippen LogP contribution in [0.15, 0.2) is 24.3 Å². The molecule has 1 aliphatic rings. The summed E-state index contributed by atoms with van der Waals surface area (Å²) in [5, 5.41) is 4.40. The van der Waals surface area contributed by atoms with Gasteiger partial charge < -0.3 is 10.1 Å². The van der Waals surface area contributed by atoms with E-state index in [0.29, 0.717) is 12.6 Å². The van der Waals surface area contributed by atoms with Crippen LogP contribution in [0.2, 0.25) is 5.02 Å². The predicted octanol–water partition coefficient (Wildman–Crippen LogP) is 4.02.